The van der Waals surface area contributed by atoms with Gasteiger partial charge < -0.3 is 24.8 Å². The first-order valence-corrected chi connectivity index (χ1v) is 13.0. The molecule has 2 aromatic carbocycles. The number of carbonyl (C=O) groups is 2. The van der Waals surface area contributed by atoms with Crippen LogP contribution in [0.1, 0.15) is 36.8 Å². The zero-order chi connectivity index (χ0) is 24.7. The topological polar surface area (TPSA) is 89.1 Å². The highest BCUT2D eigenvalue weighted by molar-refractivity contribution is 5.79. The second kappa shape index (κ2) is 11.9. The second-order valence-corrected chi connectivity index (χ2v) is 9.81. The predicted molar refractivity (Wildman–Crippen MR) is 135 cm³/mol. The Morgan fingerprint density at radius 3 is 2.50 bits per heavy atom. The molecule has 2 fully saturated rings. The molecule has 8 nitrogen and oxygen atoms in total. The number of hydrogen-bond acceptors (Lipinski definition) is 6. The molecule has 2 saturated heterocycles. The van der Waals surface area contributed by atoms with Crippen LogP contribution in [-0.2, 0) is 32.1 Å². The van der Waals surface area contributed by atoms with E-state index < -0.39 is 0 Å². The number of hydrogen-bond donors (Lipinski definition) is 2. The molecule has 36 heavy (non-hydrogen) atoms. The first-order chi connectivity index (χ1) is 17.6. The summed E-state index contributed by atoms with van der Waals surface area (Å²) in [6, 6.07) is 16.1. The number of benzene rings is 2. The van der Waals surface area contributed by atoms with Crippen LogP contribution in [0.15, 0.2) is 48.5 Å². The number of ether oxygens (including phenoxy) is 3. The normalized spacial score (nSPS) is 24.9. The number of carbonyl (C=O) groups excluding carboxylic acids is 2. The zero-order valence-corrected chi connectivity index (χ0v) is 20.6. The summed E-state index contributed by atoms with van der Waals surface area (Å²) in [6.45, 7) is 3.84. The average molecular weight is 494 g/mol. The van der Waals surface area contributed by atoms with Gasteiger partial charge in [0, 0.05) is 51.7 Å². The highest BCUT2D eigenvalue weighted by Gasteiger charge is 2.38. The molecule has 4 heterocycles. The van der Waals surface area contributed by atoms with E-state index in [-0.39, 0.29) is 30.4 Å². The summed E-state index contributed by atoms with van der Waals surface area (Å²) in [5.74, 6) is 1.38. The monoisotopic (exact) mass is 493 g/mol. The van der Waals surface area contributed by atoms with Gasteiger partial charge in [0.25, 0.3) is 0 Å². The molecule has 4 aliphatic rings. The van der Waals surface area contributed by atoms with E-state index in [1.54, 1.807) is 0 Å². The molecule has 4 bridgehead atoms. The van der Waals surface area contributed by atoms with E-state index in [4.69, 9.17) is 14.2 Å². The minimum absolute atomic E-state index is 0.0536. The standard InChI is InChI=1S/C28H35N3O5/c32-27-9-6-20-4-7-23(8-5-20)36-24-3-1-2-21(16-24)19-35-26-18-31(22-11-14-34-15-12-22)17-25(26)30-28(33)10-13-29-27/h1-5,7-8,16,22,25-26H,6,9-15,17-19H2,(H,29,32)(H,30,33)/t25-,26-/m0/s1. The van der Waals surface area contributed by atoms with Crippen molar-refractivity contribution in [3.63, 3.8) is 0 Å². The van der Waals surface area contributed by atoms with Crippen molar-refractivity contribution in [1.29, 1.82) is 0 Å². The fourth-order valence-electron chi connectivity index (χ4n) is 5.16. The van der Waals surface area contributed by atoms with Crippen molar-refractivity contribution in [3.8, 4) is 11.5 Å². The minimum Gasteiger partial charge on any atom is -0.457 e. The number of likely N-dealkylation sites (tertiary alicyclic amines) is 1. The number of amides is 2. The van der Waals surface area contributed by atoms with Crippen molar-refractivity contribution in [3.05, 3.63) is 59.7 Å². The number of nitrogens with zero attached hydrogens (tertiary/aromatic N) is 1. The lowest BCUT2D eigenvalue weighted by molar-refractivity contribution is -0.123. The minimum atomic E-state index is -0.117. The molecule has 0 spiro atoms. The van der Waals surface area contributed by atoms with Crippen molar-refractivity contribution in [2.24, 2.45) is 0 Å². The van der Waals surface area contributed by atoms with Crippen molar-refractivity contribution in [2.75, 3.05) is 32.8 Å². The maximum atomic E-state index is 12.7. The Kier molecular flexibility index (Phi) is 8.15. The number of aryl methyl sites for hydroxylation is 1. The number of rotatable bonds is 1. The fourth-order valence-corrected chi connectivity index (χ4v) is 5.16. The molecule has 8 heteroatoms. The molecule has 6 rings (SSSR count). The van der Waals surface area contributed by atoms with Crippen LogP contribution in [-0.4, -0.2) is 67.7 Å². The Labute approximate surface area is 212 Å². The van der Waals surface area contributed by atoms with Gasteiger partial charge >= 0.3 is 0 Å². The smallest absolute Gasteiger partial charge is 0.222 e. The molecule has 0 saturated carbocycles. The van der Waals surface area contributed by atoms with Crippen LogP contribution in [0.3, 0.4) is 0 Å². The summed E-state index contributed by atoms with van der Waals surface area (Å²) < 4.78 is 18.0. The summed E-state index contributed by atoms with van der Waals surface area (Å²) in [7, 11) is 0. The summed E-state index contributed by atoms with van der Waals surface area (Å²) >= 11 is 0. The maximum absolute atomic E-state index is 12.7. The lowest BCUT2D eigenvalue weighted by Gasteiger charge is -2.30. The summed E-state index contributed by atoms with van der Waals surface area (Å²) in [5, 5.41) is 6.05. The van der Waals surface area contributed by atoms with Gasteiger partial charge in [-0.3, -0.25) is 14.5 Å². The molecule has 192 valence electrons. The Hall–Kier alpha value is -2.94. The molecule has 0 radical (unpaired) electrons. The third-order valence-electron chi connectivity index (χ3n) is 7.18. The molecule has 2 atom stereocenters. The zero-order valence-electron chi connectivity index (χ0n) is 20.6. The van der Waals surface area contributed by atoms with Gasteiger partial charge in [0.2, 0.25) is 11.8 Å². The average Bonchev–Trinajstić information content (AvgIpc) is 3.30. The van der Waals surface area contributed by atoms with Crippen molar-refractivity contribution < 1.29 is 23.8 Å². The van der Waals surface area contributed by atoms with Crippen LogP contribution in [0, 0.1) is 0 Å². The Bertz CT molecular complexity index is 1040. The van der Waals surface area contributed by atoms with Crippen molar-refractivity contribution in [2.45, 2.75) is 56.9 Å². The van der Waals surface area contributed by atoms with Gasteiger partial charge in [-0.25, -0.2) is 0 Å². The van der Waals surface area contributed by atoms with Crippen LogP contribution in [0.2, 0.25) is 0 Å². The van der Waals surface area contributed by atoms with Gasteiger partial charge in [0.15, 0.2) is 0 Å². The molecule has 2 N–H and O–H groups in total. The summed E-state index contributed by atoms with van der Waals surface area (Å²) in [6.07, 6.45) is 3.15. The van der Waals surface area contributed by atoms with E-state index in [9.17, 15) is 9.59 Å². The third-order valence-corrected chi connectivity index (χ3v) is 7.18. The van der Waals surface area contributed by atoms with Crippen LogP contribution in [0.25, 0.3) is 0 Å². The first-order valence-electron chi connectivity index (χ1n) is 13.0. The van der Waals surface area contributed by atoms with Gasteiger partial charge in [-0.15, -0.1) is 0 Å². The van der Waals surface area contributed by atoms with E-state index in [0.717, 1.165) is 61.8 Å². The summed E-state index contributed by atoms with van der Waals surface area (Å²) in [4.78, 5) is 27.4. The number of nitrogens with one attached hydrogen (secondary N) is 2. The predicted octanol–water partition coefficient (Wildman–Crippen LogP) is 2.80. The van der Waals surface area contributed by atoms with E-state index in [1.807, 2.05) is 48.5 Å². The van der Waals surface area contributed by atoms with E-state index >= 15 is 0 Å². The van der Waals surface area contributed by atoms with Crippen LogP contribution in [0.4, 0.5) is 0 Å². The van der Waals surface area contributed by atoms with Crippen molar-refractivity contribution >= 4 is 11.8 Å². The molecule has 0 aliphatic carbocycles. The van der Waals surface area contributed by atoms with Gasteiger partial charge in [-0.05, 0) is 54.7 Å². The highest BCUT2D eigenvalue weighted by Crippen LogP contribution is 2.26. The van der Waals surface area contributed by atoms with Crippen LogP contribution in [0.5, 0.6) is 11.5 Å². The third kappa shape index (κ3) is 6.63. The van der Waals surface area contributed by atoms with Gasteiger partial charge in [0.1, 0.15) is 11.5 Å². The van der Waals surface area contributed by atoms with E-state index in [0.29, 0.717) is 32.0 Å². The molecular weight excluding hydrogens is 458 g/mol. The van der Waals surface area contributed by atoms with Gasteiger partial charge in [-0.2, -0.15) is 0 Å². The second-order valence-electron chi connectivity index (χ2n) is 9.81. The Balaban J connectivity index is 1.32. The first kappa shape index (κ1) is 24.7. The fraction of sp³-hybridized carbons (Fsp3) is 0.500. The Morgan fingerprint density at radius 2 is 1.67 bits per heavy atom. The van der Waals surface area contributed by atoms with Gasteiger partial charge in [-0.1, -0.05) is 24.3 Å². The van der Waals surface area contributed by atoms with Crippen molar-refractivity contribution in [1.82, 2.24) is 15.5 Å². The largest absolute Gasteiger partial charge is 0.457 e. The maximum Gasteiger partial charge on any atom is 0.222 e. The quantitative estimate of drug-likeness (QED) is 0.635. The molecular formula is C28H35N3O5. The van der Waals surface area contributed by atoms with E-state index in [1.165, 1.54) is 0 Å². The highest BCUT2D eigenvalue weighted by atomic mass is 16.5. The van der Waals surface area contributed by atoms with Gasteiger partial charge in [0.05, 0.1) is 18.8 Å². The molecule has 2 aromatic rings. The SMILES string of the molecule is O=C1CCc2ccc(cc2)Oc2cccc(c2)CO[C@H]2CN(C3CCOCC3)C[C@@H]2NC(=O)CCN1. The Morgan fingerprint density at radius 1 is 0.833 bits per heavy atom. The van der Waals surface area contributed by atoms with Crippen LogP contribution < -0.4 is 15.4 Å². The lowest BCUT2D eigenvalue weighted by atomic mass is 10.1. The lowest BCUT2D eigenvalue weighted by Crippen LogP contribution is -2.45. The molecule has 0 aromatic heterocycles. The molecule has 4 aliphatic heterocycles. The summed E-state index contributed by atoms with van der Waals surface area (Å²) in [5.41, 5.74) is 2.09. The van der Waals surface area contributed by atoms with E-state index in [2.05, 4.69) is 15.5 Å². The number of fused-ring (bicyclic) bond motifs is 10. The molecule has 2 amide bonds. The molecule has 0 unspecified atom stereocenters. The van der Waals surface area contributed by atoms with Crippen LogP contribution >= 0.6 is 0 Å².